The van der Waals surface area contributed by atoms with Crippen molar-refractivity contribution in [3.63, 3.8) is 0 Å². The van der Waals surface area contributed by atoms with Crippen molar-refractivity contribution in [3.8, 4) is 0 Å². The van der Waals surface area contributed by atoms with E-state index in [1.807, 2.05) is 6.07 Å². The van der Waals surface area contributed by atoms with Gasteiger partial charge in [-0.2, -0.15) is 0 Å². The number of hydrogen-bond acceptors (Lipinski definition) is 3. The molecule has 0 amide bonds. The zero-order chi connectivity index (χ0) is 12.2. The van der Waals surface area contributed by atoms with Gasteiger partial charge in [0.25, 0.3) is 0 Å². The third-order valence-corrected chi connectivity index (χ3v) is 3.46. The van der Waals surface area contributed by atoms with Crippen LogP contribution in [0.15, 0.2) is 35.1 Å². The minimum absolute atomic E-state index is 0.852. The molecule has 0 saturated carbocycles. The maximum absolute atomic E-state index is 5.04. The number of furan rings is 1. The van der Waals surface area contributed by atoms with Crippen molar-refractivity contribution < 1.29 is 4.42 Å². The zero-order valence-electron chi connectivity index (χ0n) is 10.5. The van der Waals surface area contributed by atoms with Crippen molar-refractivity contribution in [1.82, 2.24) is 10.3 Å². The van der Waals surface area contributed by atoms with Crippen molar-refractivity contribution in [1.29, 1.82) is 0 Å². The third-order valence-electron chi connectivity index (χ3n) is 3.46. The lowest BCUT2D eigenvalue weighted by Gasteiger charge is -2.05. The summed E-state index contributed by atoms with van der Waals surface area (Å²) in [5.74, 6) is 0. The van der Waals surface area contributed by atoms with E-state index in [-0.39, 0.29) is 0 Å². The van der Waals surface area contributed by atoms with E-state index in [2.05, 4.69) is 17.4 Å². The Labute approximate surface area is 107 Å². The van der Waals surface area contributed by atoms with Crippen LogP contribution >= 0.6 is 0 Å². The van der Waals surface area contributed by atoms with Gasteiger partial charge in [-0.05, 0) is 55.5 Å². The van der Waals surface area contributed by atoms with E-state index in [0.29, 0.717) is 0 Å². The Morgan fingerprint density at radius 2 is 2.22 bits per heavy atom. The van der Waals surface area contributed by atoms with Crippen LogP contribution in [0.5, 0.6) is 0 Å². The highest BCUT2D eigenvalue weighted by Crippen LogP contribution is 2.19. The summed E-state index contributed by atoms with van der Waals surface area (Å²) in [6.45, 7) is 1.81. The number of nitrogens with zero attached hydrogens (tertiary/aromatic N) is 1. The first kappa shape index (κ1) is 11.5. The van der Waals surface area contributed by atoms with E-state index in [1.54, 1.807) is 12.5 Å². The normalized spacial score (nSPS) is 13.8. The van der Waals surface area contributed by atoms with E-state index in [9.17, 15) is 0 Å². The van der Waals surface area contributed by atoms with Crippen LogP contribution in [0.1, 0.15) is 28.9 Å². The molecule has 1 aliphatic carbocycles. The van der Waals surface area contributed by atoms with E-state index in [0.717, 1.165) is 31.6 Å². The minimum atomic E-state index is 0.852. The molecule has 2 heterocycles. The molecule has 0 atom stereocenters. The Bertz CT molecular complexity index is 505. The highest BCUT2D eigenvalue weighted by atomic mass is 16.3. The second kappa shape index (κ2) is 5.36. The summed E-state index contributed by atoms with van der Waals surface area (Å²) in [5, 5.41) is 3.43. The molecule has 1 N–H and O–H groups in total. The molecular weight excluding hydrogens is 224 g/mol. The maximum Gasteiger partial charge on any atom is 0.0934 e. The topological polar surface area (TPSA) is 38.1 Å². The quantitative estimate of drug-likeness (QED) is 0.819. The van der Waals surface area contributed by atoms with Gasteiger partial charge in [0, 0.05) is 12.2 Å². The molecule has 3 rings (SSSR count). The Morgan fingerprint density at radius 1 is 1.22 bits per heavy atom. The lowest BCUT2D eigenvalue weighted by molar-refractivity contribution is 0.562. The molecule has 0 saturated heterocycles. The Hall–Kier alpha value is -1.61. The average Bonchev–Trinajstić information content (AvgIpc) is 3.05. The molecule has 0 unspecified atom stereocenters. The summed E-state index contributed by atoms with van der Waals surface area (Å²) in [4.78, 5) is 4.71. The summed E-state index contributed by atoms with van der Waals surface area (Å²) < 4.78 is 5.04. The van der Waals surface area contributed by atoms with Gasteiger partial charge in [-0.15, -0.1) is 0 Å². The average molecular weight is 242 g/mol. The molecule has 18 heavy (non-hydrogen) atoms. The SMILES string of the molecule is c1cc(CCNCc2ccc3c(n2)CCC3)co1. The summed E-state index contributed by atoms with van der Waals surface area (Å²) in [7, 11) is 0. The monoisotopic (exact) mass is 242 g/mol. The lowest BCUT2D eigenvalue weighted by atomic mass is 10.2. The summed E-state index contributed by atoms with van der Waals surface area (Å²) in [6, 6.07) is 6.40. The van der Waals surface area contributed by atoms with Gasteiger partial charge in [-0.25, -0.2) is 0 Å². The highest BCUT2D eigenvalue weighted by molar-refractivity contribution is 5.27. The van der Waals surface area contributed by atoms with Crippen molar-refractivity contribution in [2.45, 2.75) is 32.2 Å². The predicted molar refractivity (Wildman–Crippen MR) is 70.4 cm³/mol. The summed E-state index contributed by atoms with van der Waals surface area (Å²) in [6.07, 6.45) is 8.14. The fourth-order valence-corrected chi connectivity index (χ4v) is 2.45. The third kappa shape index (κ3) is 2.62. The molecule has 1 aliphatic rings. The molecule has 3 nitrogen and oxygen atoms in total. The second-order valence-electron chi connectivity index (χ2n) is 4.82. The number of aryl methyl sites for hydroxylation is 2. The molecule has 0 bridgehead atoms. The number of aromatic nitrogens is 1. The first-order valence-corrected chi connectivity index (χ1v) is 6.61. The first-order valence-electron chi connectivity index (χ1n) is 6.61. The van der Waals surface area contributed by atoms with Crippen molar-refractivity contribution in [2.24, 2.45) is 0 Å². The molecule has 94 valence electrons. The zero-order valence-corrected chi connectivity index (χ0v) is 10.5. The largest absolute Gasteiger partial charge is 0.472 e. The van der Waals surface area contributed by atoms with Gasteiger partial charge < -0.3 is 9.73 Å². The van der Waals surface area contributed by atoms with Gasteiger partial charge in [-0.1, -0.05) is 6.07 Å². The van der Waals surface area contributed by atoms with Gasteiger partial charge in [0.2, 0.25) is 0 Å². The number of rotatable bonds is 5. The number of fused-ring (bicyclic) bond motifs is 1. The standard InChI is InChI=1S/C15H18N2O/c1-2-13-4-5-14(17-15(13)3-1)10-16-8-6-12-7-9-18-11-12/h4-5,7,9,11,16H,1-3,6,8,10H2. The molecule has 0 aromatic carbocycles. The number of nitrogens with one attached hydrogen (secondary N) is 1. The van der Waals surface area contributed by atoms with Crippen molar-refractivity contribution in [3.05, 3.63) is 53.2 Å². The highest BCUT2D eigenvalue weighted by Gasteiger charge is 2.11. The lowest BCUT2D eigenvalue weighted by Crippen LogP contribution is -2.17. The molecule has 0 radical (unpaired) electrons. The van der Waals surface area contributed by atoms with Gasteiger partial charge in [-0.3, -0.25) is 4.98 Å². The number of pyridine rings is 1. The minimum Gasteiger partial charge on any atom is -0.472 e. The molecule has 2 aromatic heterocycles. The van der Waals surface area contributed by atoms with Crippen LogP contribution in [0.2, 0.25) is 0 Å². The molecular formula is C15H18N2O. The van der Waals surface area contributed by atoms with Crippen LogP contribution in [0, 0.1) is 0 Å². The van der Waals surface area contributed by atoms with Gasteiger partial charge >= 0.3 is 0 Å². The second-order valence-corrected chi connectivity index (χ2v) is 4.82. The van der Waals surface area contributed by atoms with Crippen LogP contribution < -0.4 is 5.32 Å². The van der Waals surface area contributed by atoms with E-state index >= 15 is 0 Å². The van der Waals surface area contributed by atoms with Crippen LogP contribution in [-0.4, -0.2) is 11.5 Å². The fourth-order valence-electron chi connectivity index (χ4n) is 2.45. The molecule has 3 heteroatoms. The van der Waals surface area contributed by atoms with Crippen LogP contribution in [0.3, 0.4) is 0 Å². The fraction of sp³-hybridized carbons (Fsp3) is 0.400. The maximum atomic E-state index is 5.04. The molecule has 0 aliphatic heterocycles. The Kier molecular flexibility index (Phi) is 3.42. The van der Waals surface area contributed by atoms with Crippen molar-refractivity contribution >= 4 is 0 Å². The van der Waals surface area contributed by atoms with Crippen molar-refractivity contribution in [2.75, 3.05) is 6.54 Å². The van der Waals surface area contributed by atoms with Crippen LogP contribution in [0.4, 0.5) is 0 Å². The first-order chi connectivity index (χ1) is 8.92. The van der Waals surface area contributed by atoms with Crippen LogP contribution in [-0.2, 0) is 25.8 Å². The van der Waals surface area contributed by atoms with E-state index < -0.39 is 0 Å². The van der Waals surface area contributed by atoms with Gasteiger partial charge in [0.15, 0.2) is 0 Å². The Morgan fingerprint density at radius 3 is 3.11 bits per heavy atom. The van der Waals surface area contributed by atoms with Crippen LogP contribution in [0.25, 0.3) is 0 Å². The Balaban J connectivity index is 1.48. The van der Waals surface area contributed by atoms with Gasteiger partial charge in [0.05, 0.1) is 18.2 Å². The van der Waals surface area contributed by atoms with E-state index in [1.165, 1.54) is 29.7 Å². The van der Waals surface area contributed by atoms with Gasteiger partial charge in [0.1, 0.15) is 0 Å². The summed E-state index contributed by atoms with van der Waals surface area (Å²) in [5.41, 5.74) is 5.15. The molecule has 0 spiro atoms. The molecule has 0 fully saturated rings. The predicted octanol–water partition coefficient (Wildman–Crippen LogP) is 2.50. The molecule has 2 aromatic rings. The smallest absolute Gasteiger partial charge is 0.0934 e. The summed E-state index contributed by atoms with van der Waals surface area (Å²) >= 11 is 0. The number of hydrogen-bond donors (Lipinski definition) is 1. The van der Waals surface area contributed by atoms with E-state index in [4.69, 9.17) is 9.40 Å².